The van der Waals surface area contributed by atoms with E-state index in [0.717, 1.165) is 0 Å². The maximum absolute atomic E-state index is 12.8. The molecule has 2 aromatic carbocycles. The predicted octanol–water partition coefficient (Wildman–Crippen LogP) is 5.52. The Morgan fingerprint density at radius 3 is 1.94 bits per heavy atom. The molecule has 0 saturated carbocycles. The number of benzene rings is 2. The number of fused-ring (bicyclic) bond motifs is 2. The van der Waals surface area contributed by atoms with Gasteiger partial charge in [-0.3, -0.25) is 4.79 Å². The monoisotopic (exact) mass is 498 g/mol. The third-order valence-electron chi connectivity index (χ3n) is 4.16. The van der Waals surface area contributed by atoms with Gasteiger partial charge >= 0.3 is 18.6 Å². The smallest absolute Gasteiger partial charge is 0.465 e. The molecule has 188 valence electrons. The van der Waals surface area contributed by atoms with Gasteiger partial charge in [-0.25, -0.2) is 0 Å². The third kappa shape index (κ3) is 6.90. The Bertz CT molecular complexity index is 1140. The summed E-state index contributed by atoms with van der Waals surface area (Å²) in [6, 6.07) is 11.7. The van der Waals surface area contributed by atoms with Gasteiger partial charge in [-0.2, -0.15) is 10.5 Å². The Balaban J connectivity index is 0.000000344. The molecule has 0 fully saturated rings. The maximum atomic E-state index is 12.8. The van der Waals surface area contributed by atoms with Crippen LogP contribution in [0.2, 0.25) is 0 Å². The van der Waals surface area contributed by atoms with Crippen LogP contribution in [0.5, 0.6) is 23.0 Å². The second-order valence-corrected chi connectivity index (χ2v) is 6.47. The van der Waals surface area contributed by atoms with Crippen LogP contribution >= 0.6 is 0 Å². The molecule has 35 heavy (non-hydrogen) atoms. The molecule has 12 heteroatoms. The summed E-state index contributed by atoms with van der Waals surface area (Å²) in [5.41, 5.74) is 0.827. The van der Waals surface area contributed by atoms with E-state index in [0.29, 0.717) is 5.56 Å². The number of ether oxygens (including phenoxy) is 5. The van der Waals surface area contributed by atoms with Crippen LogP contribution in [0.3, 0.4) is 0 Å². The summed E-state index contributed by atoms with van der Waals surface area (Å²) in [7, 11) is 0. The van der Waals surface area contributed by atoms with Crippen molar-refractivity contribution in [3.05, 3.63) is 47.5 Å². The number of nitrogens with zero attached hydrogens (tertiary/aromatic N) is 2. The maximum Gasteiger partial charge on any atom is 0.586 e. The van der Waals surface area contributed by atoms with E-state index in [1.54, 1.807) is 19.1 Å². The molecule has 8 nitrogen and oxygen atoms in total. The Morgan fingerprint density at radius 2 is 1.43 bits per heavy atom. The first-order valence-electron chi connectivity index (χ1n) is 9.29. The van der Waals surface area contributed by atoms with Crippen LogP contribution in [-0.2, 0) is 16.0 Å². The van der Waals surface area contributed by atoms with Crippen molar-refractivity contribution >= 4 is 5.97 Å². The molecule has 0 spiro atoms. The standard InChI is InChI=1S/C12H9F2NO4.C9H5F2NO2.2CH4/c1-2-17-11(16)8(6-15)7-3-4-9-10(5-7)19-12(13,14)18-9;10-9(11)13-7-2-1-6(3-4-12)5-8(7)14-9;;/h3-5,8H,2H2,1H3;1-2,5H,3H2;2*1H4. The predicted molar refractivity (Wildman–Crippen MR) is 113 cm³/mol. The first-order chi connectivity index (χ1) is 15.6. The van der Waals surface area contributed by atoms with E-state index in [9.17, 15) is 22.4 Å². The summed E-state index contributed by atoms with van der Waals surface area (Å²) in [6.45, 7) is 1.73. The van der Waals surface area contributed by atoms with Crippen molar-refractivity contribution in [2.45, 2.75) is 46.7 Å². The summed E-state index contributed by atoms with van der Waals surface area (Å²) in [5, 5.41) is 17.4. The largest absolute Gasteiger partial charge is 0.586 e. The van der Waals surface area contributed by atoms with Crippen LogP contribution in [0.15, 0.2) is 36.4 Å². The van der Waals surface area contributed by atoms with E-state index in [4.69, 9.17) is 15.3 Å². The molecule has 1 atom stereocenters. The van der Waals surface area contributed by atoms with Gasteiger partial charge in [-0.1, -0.05) is 27.0 Å². The van der Waals surface area contributed by atoms with Crippen molar-refractivity contribution < 1.29 is 46.0 Å². The minimum absolute atomic E-state index is 0. The molecule has 2 aliphatic rings. The molecule has 0 aliphatic carbocycles. The number of alkyl halides is 4. The molecule has 2 aliphatic heterocycles. The third-order valence-corrected chi connectivity index (χ3v) is 4.16. The Kier molecular flexibility index (Phi) is 9.31. The zero-order chi connectivity index (χ0) is 24.2. The average Bonchev–Trinajstić information content (AvgIpc) is 3.21. The number of hydrogen-bond donors (Lipinski definition) is 0. The van der Waals surface area contributed by atoms with Gasteiger partial charge in [-0.15, -0.1) is 17.6 Å². The van der Waals surface area contributed by atoms with Crippen molar-refractivity contribution in [2.75, 3.05) is 6.61 Å². The molecule has 1 unspecified atom stereocenters. The van der Waals surface area contributed by atoms with Crippen LogP contribution < -0.4 is 18.9 Å². The van der Waals surface area contributed by atoms with Crippen LogP contribution in [0, 0.1) is 22.7 Å². The minimum atomic E-state index is -3.73. The zero-order valence-electron chi connectivity index (χ0n) is 16.8. The first-order valence-corrected chi connectivity index (χ1v) is 9.29. The Labute approximate surface area is 199 Å². The lowest BCUT2D eigenvalue weighted by molar-refractivity contribution is -0.287. The van der Waals surface area contributed by atoms with Gasteiger partial charge in [0.1, 0.15) is 0 Å². The average molecular weight is 498 g/mol. The molecular formula is C23H22F4N2O6. The molecule has 0 saturated heterocycles. The Hall–Kier alpha value is -4.19. The quantitative estimate of drug-likeness (QED) is 0.400. The highest BCUT2D eigenvalue weighted by atomic mass is 19.3. The molecule has 0 amide bonds. The molecule has 0 bridgehead atoms. The van der Waals surface area contributed by atoms with Gasteiger partial charge in [0.2, 0.25) is 0 Å². The normalized spacial score (nSPS) is 15.5. The van der Waals surface area contributed by atoms with E-state index < -0.39 is 24.5 Å². The number of nitriles is 2. The van der Waals surface area contributed by atoms with E-state index >= 15 is 0 Å². The minimum Gasteiger partial charge on any atom is -0.465 e. The highest BCUT2D eigenvalue weighted by Crippen LogP contribution is 2.42. The summed E-state index contributed by atoms with van der Waals surface area (Å²) in [5.74, 6) is -2.32. The van der Waals surface area contributed by atoms with Crippen LogP contribution in [0.4, 0.5) is 17.6 Å². The number of rotatable bonds is 4. The van der Waals surface area contributed by atoms with Crippen LogP contribution in [0.25, 0.3) is 0 Å². The van der Waals surface area contributed by atoms with E-state index in [-0.39, 0.29) is 56.4 Å². The lowest BCUT2D eigenvalue weighted by atomic mass is 10.0. The van der Waals surface area contributed by atoms with E-state index in [2.05, 4.69) is 18.9 Å². The van der Waals surface area contributed by atoms with Gasteiger partial charge in [-0.05, 0) is 42.3 Å². The molecule has 0 aromatic heterocycles. The van der Waals surface area contributed by atoms with Crippen molar-refractivity contribution in [3.63, 3.8) is 0 Å². The number of carbonyl (C=O) groups excluding carboxylic acids is 1. The second-order valence-electron chi connectivity index (χ2n) is 6.47. The van der Waals surface area contributed by atoms with Crippen molar-refractivity contribution in [3.8, 4) is 35.1 Å². The zero-order valence-corrected chi connectivity index (χ0v) is 16.8. The number of carbonyl (C=O) groups is 1. The van der Waals surface area contributed by atoms with Crippen molar-refractivity contribution in [1.29, 1.82) is 10.5 Å². The van der Waals surface area contributed by atoms with Gasteiger partial charge < -0.3 is 23.7 Å². The lowest BCUT2D eigenvalue weighted by Gasteiger charge is -2.08. The lowest BCUT2D eigenvalue weighted by Crippen LogP contribution is -2.26. The van der Waals surface area contributed by atoms with E-state index in [1.165, 1.54) is 30.3 Å². The molecular weight excluding hydrogens is 476 g/mol. The molecule has 2 heterocycles. The number of halogens is 4. The number of hydrogen-bond acceptors (Lipinski definition) is 8. The van der Waals surface area contributed by atoms with Crippen LogP contribution in [0.1, 0.15) is 38.8 Å². The van der Waals surface area contributed by atoms with Gasteiger partial charge in [0, 0.05) is 0 Å². The summed E-state index contributed by atoms with van der Waals surface area (Å²) >= 11 is 0. The van der Waals surface area contributed by atoms with Crippen LogP contribution in [-0.4, -0.2) is 25.2 Å². The summed E-state index contributed by atoms with van der Waals surface area (Å²) in [6.07, 6.45) is -7.16. The van der Waals surface area contributed by atoms with Gasteiger partial charge in [0.25, 0.3) is 0 Å². The molecule has 4 rings (SSSR count). The SMILES string of the molecule is C.C.CCOC(=O)C(C#N)c1ccc2c(c1)OC(F)(F)O2.N#CCc1ccc2c(c1)OC(F)(F)O2. The fourth-order valence-corrected chi connectivity index (χ4v) is 2.83. The van der Waals surface area contributed by atoms with E-state index in [1.807, 2.05) is 6.07 Å². The second kappa shape index (κ2) is 11.3. The van der Waals surface area contributed by atoms with Gasteiger partial charge in [0.15, 0.2) is 28.9 Å². The Morgan fingerprint density at radius 1 is 0.914 bits per heavy atom. The number of esters is 1. The fourth-order valence-electron chi connectivity index (χ4n) is 2.83. The highest BCUT2D eigenvalue weighted by Gasteiger charge is 2.44. The highest BCUT2D eigenvalue weighted by molar-refractivity contribution is 5.81. The molecule has 0 N–H and O–H groups in total. The summed E-state index contributed by atoms with van der Waals surface area (Å²) < 4.78 is 72.4. The fraction of sp³-hybridized carbons (Fsp3) is 0.348. The topological polar surface area (TPSA) is 111 Å². The summed E-state index contributed by atoms with van der Waals surface area (Å²) in [4.78, 5) is 11.5. The molecule has 0 radical (unpaired) electrons. The van der Waals surface area contributed by atoms with Gasteiger partial charge in [0.05, 0.1) is 25.2 Å². The first kappa shape index (κ1) is 28.8. The van der Waals surface area contributed by atoms with Crippen molar-refractivity contribution in [1.82, 2.24) is 0 Å². The van der Waals surface area contributed by atoms with Crippen molar-refractivity contribution in [2.24, 2.45) is 0 Å². The molecule has 2 aromatic rings.